The quantitative estimate of drug-likeness (QED) is 0.361. The maximum atomic E-state index is 13.6. The first-order valence-electron chi connectivity index (χ1n) is 10.1. The van der Waals surface area contributed by atoms with Gasteiger partial charge in [-0.1, -0.05) is 35.9 Å². The Morgan fingerprint density at radius 3 is 2.41 bits per heavy atom. The van der Waals surface area contributed by atoms with Crippen molar-refractivity contribution in [3.63, 3.8) is 0 Å². The fourth-order valence-corrected chi connectivity index (χ4v) is 5.19. The number of hydrogen-bond acceptors (Lipinski definition) is 7. The van der Waals surface area contributed by atoms with Crippen LogP contribution >= 0.6 is 11.6 Å². The number of nitrogens with two attached hydrogens (primary N) is 1. The van der Waals surface area contributed by atoms with Gasteiger partial charge in [0.15, 0.2) is 5.65 Å². The number of nitrogen functional groups attached to an aromatic ring is 1. The summed E-state index contributed by atoms with van der Waals surface area (Å²) in [5.41, 5.74) is 8.61. The normalized spacial score (nSPS) is 12.1. The van der Waals surface area contributed by atoms with Crippen LogP contribution in [0.25, 0.3) is 22.2 Å². The summed E-state index contributed by atoms with van der Waals surface area (Å²) < 4.78 is 33.8. The predicted molar refractivity (Wildman–Crippen MR) is 132 cm³/mol. The van der Waals surface area contributed by atoms with Crippen molar-refractivity contribution >= 4 is 55.7 Å². The molecule has 2 aromatic heterocycles. The molecule has 3 aromatic carbocycles. The Labute approximate surface area is 200 Å². The topological polar surface area (TPSA) is 112 Å². The van der Waals surface area contributed by atoms with E-state index in [1.54, 1.807) is 37.6 Å². The molecule has 170 valence electrons. The minimum absolute atomic E-state index is 0.0365. The molecular formula is C24H18ClN5O3S. The molecule has 5 rings (SSSR count). The molecule has 10 heteroatoms. The van der Waals surface area contributed by atoms with Crippen molar-refractivity contribution in [1.29, 1.82) is 0 Å². The van der Waals surface area contributed by atoms with Crippen LogP contribution in [-0.2, 0) is 9.84 Å². The van der Waals surface area contributed by atoms with Crippen molar-refractivity contribution in [3.05, 3.63) is 83.4 Å². The monoisotopic (exact) mass is 491 g/mol. The van der Waals surface area contributed by atoms with E-state index >= 15 is 0 Å². The Morgan fingerprint density at radius 2 is 1.71 bits per heavy atom. The third-order valence-electron chi connectivity index (χ3n) is 5.24. The first-order valence-corrected chi connectivity index (χ1v) is 12.0. The number of para-hydroxylation sites is 2. The third kappa shape index (κ3) is 3.74. The zero-order chi connectivity index (χ0) is 23.9. The molecule has 0 aliphatic heterocycles. The number of halogens is 1. The second-order valence-corrected chi connectivity index (χ2v) is 9.71. The molecule has 0 atom stereocenters. The lowest BCUT2D eigenvalue weighted by atomic mass is 10.2. The number of methoxy groups -OCH3 is 1. The van der Waals surface area contributed by atoms with Gasteiger partial charge in [0.05, 0.1) is 29.3 Å². The Hall–Kier alpha value is -3.95. The van der Waals surface area contributed by atoms with E-state index < -0.39 is 9.84 Å². The largest absolute Gasteiger partial charge is 0.497 e. The molecule has 8 nitrogen and oxygen atoms in total. The fourth-order valence-electron chi connectivity index (χ4n) is 3.58. The van der Waals surface area contributed by atoms with Gasteiger partial charge in [0.1, 0.15) is 22.0 Å². The van der Waals surface area contributed by atoms with Crippen LogP contribution in [0.4, 0.5) is 5.82 Å². The van der Waals surface area contributed by atoms with E-state index in [-0.39, 0.29) is 26.8 Å². The molecule has 0 aliphatic carbocycles. The van der Waals surface area contributed by atoms with Gasteiger partial charge < -0.3 is 10.5 Å². The van der Waals surface area contributed by atoms with E-state index in [2.05, 4.69) is 15.1 Å². The summed E-state index contributed by atoms with van der Waals surface area (Å²) in [7, 11) is -2.48. The van der Waals surface area contributed by atoms with Gasteiger partial charge in [0.25, 0.3) is 0 Å². The number of rotatable bonds is 5. The van der Waals surface area contributed by atoms with E-state index in [0.29, 0.717) is 21.8 Å². The molecular weight excluding hydrogens is 474 g/mol. The summed E-state index contributed by atoms with van der Waals surface area (Å²) in [6.45, 7) is 0. The van der Waals surface area contributed by atoms with Crippen LogP contribution in [-0.4, -0.2) is 36.4 Å². The van der Waals surface area contributed by atoms with Gasteiger partial charge in [-0.3, -0.25) is 0 Å². The van der Waals surface area contributed by atoms with E-state index in [0.717, 1.165) is 5.56 Å². The zero-order valence-corrected chi connectivity index (χ0v) is 19.5. The number of fused-ring (bicyclic) bond motifs is 2. The SMILES string of the molecule is COc1cccc(C=Nn2c(N)c(S(=O)(=O)c3ccc(Cl)cc3)c3nc4ccccc4nc32)c1. The first-order chi connectivity index (χ1) is 16.4. The van der Waals surface area contributed by atoms with Crippen LogP contribution in [0.3, 0.4) is 0 Å². The number of nitrogens with zero attached hydrogens (tertiary/aromatic N) is 4. The molecule has 0 amide bonds. The Bertz CT molecular complexity index is 1680. The molecule has 0 saturated carbocycles. The molecule has 0 fully saturated rings. The summed E-state index contributed by atoms with van der Waals surface area (Å²) in [5, 5.41) is 4.87. The van der Waals surface area contributed by atoms with Crippen LogP contribution < -0.4 is 10.5 Å². The molecule has 0 unspecified atom stereocenters. The van der Waals surface area contributed by atoms with Gasteiger partial charge >= 0.3 is 0 Å². The maximum Gasteiger partial charge on any atom is 0.212 e. The Kier molecular flexibility index (Phi) is 5.43. The highest BCUT2D eigenvalue weighted by atomic mass is 35.5. The summed E-state index contributed by atoms with van der Waals surface area (Å²) in [6.07, 6.45) is 1.55. The number of anilines is 1. The third-order valence-corrected chi connectivity index (χ3v) is 7.32. The van der Waals surface area contributed by atoms with E-state index in [4.69, 9.17) is 22.1 Å². The average molecular weight is 492 g/mol. The lowest BCUT2D eigenvalue weighted by Gasteiger charge is -2.05. The van der Waals surface area contributed by atoms with Gasteiger partial charge in [-0.2, -0.15) is 9.78 Å². The summed E-state index contributed by atoms with van der Waals surface area (Å²) in [6, 6.07) is 20.3. The van der Waals surface area contributed by atoms with Crippen LogP contribution in [0.1, 0.15) is 5.56 Å². The second-order valence-electron chi connectivity index (χ2n) is 7.39. The molecule has 0 aliphatic rings. The van der Waals surface area contributed by atoms with Gasteiger partial charge in [-0.25, -0.2) is 18.4 Å². The lowest BCUT2D eigenvalue weighted by Crippen LogP contribution is -2.06. The molecule has 2 heterocycles. The highest BCUT2D eigenvalue weighted by Crippen LogP contribution is 2.35. The zero-order valence-electron chi connectivity index (χ0n) is 17.9. The van der Waals surface area contributed by atoms with E-state index in [1.807, 2.05) is 24.3 Å². The lowest BCUT2D eigenvalue weighted by molar-refractivity contribution is 0.415. The van der Waals surface area contributed by atoms with Crippen LogP contribution in [0, 0.1) is 0 Å². The molecule has 5 aromatic rings. The highest BCUT2D eigenvalue weighted by molar-refractivity contribution is 7.92. The van der Waals surface area contributed by atoms with Gasteiger partial charge in [-0.05, 0) is 54.1 Å². The molecule has 0 bridgehead atoms. The number of sulfone groups is 1. The average Bonchev–Trinajstić information content (AvgIpc) is 3.12. The van der Waals surface area contributed by atoms with E-state index in [1.165, 1.54) is 28.9 Å². The Balaban J connectivity index is 1.77. The summed E-state index contributed by atoms with van der Waals surface area (Å²) in [5.74, 6) is 0.561. The van der Waals surface area contributed by atoms with Gasteiger partial charge in [0, 0.05) is 5.02 Å². The van der Waals surface area contributed by atoms with Crippen LogP contribution in [0.15, 0.2) is 87.7 Å². The van der Waals surface area contributed by atoms with Crippen molar-refractivity contribution in [1.82, 2.24) is 14.6 Å². The van der Waals surface area contributed by atoms with Crippen molar-refractivity contribution in [2.45, 2.75) is 9.79 Å². The number of aromatic nitrogens is 3. The number of benzene rings is 3. The highest BCUT2D eigenvalue weighted by Gasteiger charge is 2.30. The summed E-state index contributed by atoms with van der Waals surface area (Å²) >= 11 is 5.95. The first kappa shape index (κ1) is 21.9. The van der Waals surface area contributed by atoms with Gasteiger partial charge in [-0.15, -0.1) is 0 Å². The standard InChI is InChI=1S/C24H18ClN5O3S/c1-33-17-6-4-5-15(13-17)14-27-30-23(26)22(34(31,32)18-11-9-16(25)10-12-18)21-24(30)29-20-8-3-2-7-19(20)28-21/h2-14H,26H2,1H3. The second kappa shape index (κ2) is 8.44. The van der Waals surface area contributed by atoms with Crippen molar-refractivity contribution in [3.8, 4) is 5.75 Å². The molecule has 34 heavy (non-hydrogen) atoms. The Morgan fingerprint density at radius 1 is 1.00 bits per heavy atom. The smallest absolute Gasteiger partial charge is 0.212 e. The number of hydrogen-bond donors (Lipinski definition) is 1. The van der Waals surface area contributed by atoms with Crippen molar-refractivity contribution in [2.24, 2.45) is 5.10 Å². The van der Waals surface area contributed by atoms with Crippen molar-refractivity contribution in [2.75, 3.05) is 12.8 Å². The summed E-state index contributed by atoms with van der Waals surface area (Å²) in [4.78, 5) is 9.09. The predicted octanol–water partition coefficient (Wildman–Crippen LogP) is 4.54. The van der Waals surface area contributed by atoms with E-state index in [9.17, 15) is 8.42 Å². The molecule has 0 spiro atoms. The fraction of sp³-hybridized carbons (Fsp3) is 0.0417. The maximum absolute atomic E-state index is 13.6. The van der Waals surface area contributed by atoms with Gasteiger partial charge in [0.2, 0.25) is 9.84 Å². The molecule has 0 saturated heterocycles. The van der Waals surface area contributed by atoms with Crippen LogP contribution in [0.5, 0.6) is 5.75 Å². The van der Waals surface area contributed by atoms with Crippen LogP contribution in [0.2, 0.25) is 5.02 Å². The molecule has 0 radical (unpaired) electrons. The number of ether oxygens (including phenoxy) is 1. The minimum Gasteiger partial charge on any atom is -0.497 e. The molecule has 2 N–H and O–H groups in total. The van der Waals surface area contributed by atoms with Crippen molar-refractivity contribution < 1.29 is 13.2 Å². The minimum atomic E-state index is -4.06.